The molecule has 1 aromatic rings. The van der Waals surface area contributed by atoms with Crippen molar-refractivity contribution in [2.45, 2.75) is 64.8 Å². The molecule has 0 saturated carbocycles. The number of halogens is 1. The van der Waals surface area contributed by atoms with Crippen LogP contribution in [0.2, 0.25) is 5.02 Å². The molecule has 0 spiro atoms. The molecule has 2 nitrogen and oxygen atoms in total. The molecule has 0 unspecified atom stereocenters. The third-order valence-electron chi connectivity index (χ3n) is 3.77. The Labute approximate surface area is 135 Å². The van der Waals surface area contributed by atoms with E-state index >= 15 is 0 Å². The molecule has 0 aromatic heterocycles. The van der Waals surface area contributed by atoms with Crippen LogP contribution in [0.4, 0.5) is 0 Å². The standard InChI is InChI=1S/C18H30ClNO/c1-3-4-5-6-7-8-9-10-13-20-15-16-14-17(19)11-12-18(16)21-2/h11-12,14,20H,3-10,13,15H2,1-2H3. The highest BCUT2D eigenvalue weighted by Gasteiger charge is 2.03. The summed E-state index contributed by atoms with van der Waals surface area (Å²) in [6, 6.07) is 5.76. The van der Waals surface area contributed by atoms with Gasteiger partial charge in [-0.25, -0.2) is 0 Å². The Morgan fingerprint density at radius 1 is 1.00 bits per heavy atom. The van der Waals surface area contributed by atoms with E-state index in [9.17, 15) is 0 Å². The molecule has 0 amide bonds. The lowest BCUT2D eigenvalue weighted by Crippen LogP contribution is -2.15. The van der Waals surface area contributed by atoms with Crippen molar-refractivity contribution < 1.29 is 4.74 Å². The van der Waals surface area contributed by atoms with Crippen molar-refractivity contribution in [1.29, 1.82) is 0 Å². The van der Waals surface area contributed by atoms with Crippen LogP contribution in [-0.4, -0.2) is 13.7 Å². The van der Waals surface area contributed by atoms with E-state index in [1.165, 1.54) is 51.4 Å². The minimum absolute atomic E-state index is 0.764. The highest BCUT2D eigenvalue weighted by atomic mass is 35.5. The van der Waals surface area contributed by atoms with Crippen molar-refractivity contribution in [2.75, 3.05) is 13.7 Å². The lowest BCUT2D eigenvalue weighted by molar-refractivity contribution is 0.407. The Morgan fingerprint density at radius 3 is 2.33 bits per heavy atom. The summed E-state index contributed by atoms with van der Waals surface area (Å²) in [6.45, 7) is 4.14. The maximum Gasteiger partial charge on any atom is 0.123 e. The maximum absolute atomic E-state index is 6.02. The predicted molar refractivity (Wildman–Crippen MR) is 92.3 cm³/mol. The van der Waals surface area contributed by atoms with Crippen molar-refractivity contribution in [3.8, 4) is 5.75 Å². The van der Waals surface area contributed by atoms with Crippen molar-refractivity contribution in [3.05, 3.63) is 28.8 Å². The molecule has 0 aliphatic carbocycles. The summed E-state index contributed by atoms with van der Waals surface area (Å²) in [5, 5.41) is 4.24. The van der Waals surface area contributed by atoms with Crippen LogP contribution in [0, 0.1) is 0 Å². The molecule has 1 aromatic carbocycles. The van der Waals surface area contributed by atoms with Gasteiger partial charge in [0.15, 0.2) is 0 Å². The Hall–Kier alpha value is -0.730. The molecular formula is C18H30ClNO. The lowest BCUT2D eigenvalue weighted by atomic mass is 10.1. The average molecular weight is 312 g/mol. The van der Waals surface area contributed by atoms with Crippen molar-refractivity contribution in [1.82, 2.24) is 5.32 Å². The zero-order valence-corrected chi connectivity index (χ0v) is 14.3. The second-order valence-electron chi connectivity index (χ2n) is 5.61. The molecule has 0 aliphatic heterocycles. The van der Waals surface area contributed by atoms with E-state index in [1.807, 2.05) is 18.2 Å². The van der Waals surface area contributed by atoms with Crippen LogP contribution >= 0.6 is 11.6 Å². The highest BCUT2D eigenvalue weighted by molar-refractivity contribution is 6.30. The lowest BCUT2D eigenvalue weighted by Gasteiger charge is -2.10. The van der Waals surface area contributed by atoms with Gasteiger partial charge in [-0.15, -0.1) is 0 Å². The minimum Gasteiger partial charge on any atom is -0.496 e. The zero-order chi connectivity index (χ0) is 15.3. The monoisotopic (exact) mass is 311 g/mol. The molecule has 0 saturated heterocycles. The average Bonchev–Trinajstić information content (AvgIpc) is 2.49. The van der Waals surface area contributed by atoms with Gasteiger partial charge in [-0.3, -0.25) is 0 Å². The number of methoxy groups -OCH3 is 1. The van der Waals surface area contributed by atoms with Crippen LogP contribution in [-0.2, 0) is 6.54 Å². The summed E-state index contributed by atoms with van der Waals surface area (Å²) in [7, 11) is 1.70. The van der Waals surface area contributed by atoms with Gasteiger partial charge in [-0.2, -0.15) is 0 Å². The molecule has 3 heteroatoms. The second kappa shape index (κ2) is 11.9. The normalized spacial score (nSPS) is 10.8. The Bertz CT molecular complexity index is 381. The van der Waals surface area contributed by atoms with Gasteiger partial charge in [0.25, 0.3) is 0 Å². The quantitative estimate of drug-likeness (QED) is 0.509. The van der Waals surface area contributed by atoms with Gasteiger partial charge in [0.1, 0.15) is 5.75 Å². The van der Waals surface area contributed by atoms with Crippen LogP contribution in [0.3, 0.4) is 0 Å². The van der Waals surface area contributed by atoms with E-state index in [0.717, 1.165) is 29.4 Å². The van der Waals surface area contributed by atoms with E-state index in [-0.39, 0.29) is 0 Å². The summed E-state index contributed by atoms with van der Waals surface area (Å²) in [6.07, 6.45) is 10.9. The zero-order valence-electron chi connectivity index (χ0n) is 13.6. The van der Waals surface area contributed by atoms with Crippen LogP contribution in [0.15, 0.2) is 18.2 Å². The molecule has 0 heterocycles. The van der Waals surface area contributed by atoms with Gasteiger partial charge in [-0.05, 0) is 31.2 Å². The number of nitrogens with one attached hydrogen (secondary N) is 1. The Morgan fingerprint density at radius 2 is 1.67 bits per heavy atom. The molecule has 0 aliphatic rings. The van der Waals surface area contributed by atoms with Crippen molar-refractivity contribution in [2.24, 2.45) is 0 Å². The van der Waals surface area contributed by atoms with Gasteiger partial charge in [0, 0.05) is 17.1 Å². The molecule has 0 radical (unpaired) electrons. The van der Waals surface area contributed by atoms with Crippen LogP contribution < -0.4 is 10.1 Å². The van der Waals surface area contributed by atoms with Crippen LogP contribution in [0.5, 0.6) is 5.75 Å². The first-order valence-electron chi connectivity index (χ1n) is 8.31. The summed E-state index contributed by atoms with van der Waals surface area (Å²) in [5.74, 6) is 0.905. The van der Waals surface area contributed by atoms with E-state index < -0.39 is 0 Å². The van der Waals surface area contributed by atoms with Gasteiger partial charge in [0.05, 0.1) is 7.11 Å². The molecule has 21 heavy (non-hydrogen) atoms. The highest BCUT2D eigenvalue weighted by Crippen LogP contribution is 2.22. The number of ether oxygens (including phenoxy) is 1. The second-order valence-corrected chi connectivity index (χ2v) is 6.04. The summed E-state index contributed by atoms with van der Waals surface area (Å²) in [5.41, 5.74) is 1.13. The summed E-state index contributed by atoms with van der Waals surface area (Å²) in [4.78, 5) is 0. The molecule has 120 valence electrons. The van der Waals surface area contributed by atoms with Crippen molar-refractivity contribution in [3.63, 3.8) is 0 Å². The number of rotatable bonds is 12. The molecule has 1 rings (SSSR count). The van der Waals surface area contributed by atoms with E-state index in [4.69, 9.17) is 16.3 Å². The van der Waals surface area contributed by atoms with Gasteiger partial charge < -0.3 is 10.1 Å². The molecule has 0 bridgehead atoms. The summed E-state index contributed by atoms with van der Waals surface area (Å²) >= 11 is 6.02. The molecular weight excluding hydrogens is 282 g/mol. The smallest absolute Gasteiger partial charge is 0.123 e. The number of benzene rings is 1. The van der Waals surface area contributed by atoms with Gasteiger partial charge >= 0.3 is 0 Å². The first-order chi connectivity index (χ1) is 10.3. The van der Waals surface area contributed by atoms with Gasteiger partial charge in [0.2, 0.25) is 0 Å². The number of hydrogen-bond acceptors (Lipinski definition) is 2. The molecule has 0 atom stereocenters. The fourth-order valence-corrected chi connectivity index (χ4v) is 2.69. The SMILES string of the molecule is CCCCCCCCCCNCc1cc(Cl)ccc1OC. The molecule has 1 N–H and O–H groups in total. The van der Waals surface area contributed by atoms with Crippen LogP contribution in [0.25, 0.3) is 0 Å². The molecule has 0 fully saturated rings. The fourth-order valence-electron chi connectivity index (χ4n) is 2.49. The van der Waals surface area contributed by atoms with E-state index in [2.05, 4.69) is 12.2 Å². The first kappa shape index (κ1) is 18.3. The number of hydrogen-bond donors (Lipinski definition) is 1. The van der Waals surface area contributed by atoms with E-state index in [1.54, 1.807) is 7.11 Å². The fraction of sp³-hybridized carbons (Fsp3) is 0.667. The third kappa shape index (κ3) is 8.33. The third-order valence-corrected chi connectivity index (χ3v) is 4.00. The topological polar surface area (TPSA) is 21.3 Å². The predicted octanol–water partition coefficient (Wildman–Crippen LogP) is 5.58. The number of unbranched alkanes of at least 4 members (excludes halogenated alkanes) is 7. The Kier molecular flexibility index (Phi) is 10.4. The first-order valence-corrected chi connectivity index (χ1v) is 8.69. The van der Waals surface area contributed by atoms with Crippen molar-refractivity contribution >= 4 is 11.6 Å². The largest absolute Gasteiger partial charge is 0.496 e. The summed E-state index contributed by atoms with van der Waals surface area (Å²) < 4.78 is 5.34. The Balaban J connectivity index is 2.05. The van der Waals surface area contributed by atoms with E-state index in [0.29, 0.717) is 0 Å². The minimum atomic E-state index is 0.764. The maximum atomic E-state index is 6.02. The van der Waals surface area contributed by atoms with Crippen LogP contribution in [0.1, 0.15) is 63.9 Å². The van der Waals surface area contributed by atoms with Gasteiger partial charge in [-0.1, -0.05) is 63.5 Å².